The van der Waals surface area contributed by atoms with Crippen molar-refractivity contribution >= 4 is 16.9 Å². The van der Waals surface area contributed by atoms with E-state index in [-0.39, 0.29) is 11.1 Å². The third-order valence-corrected chi connectivity index (χ3v) is 2.76. The molecular weight excluding hydrogens is 249 g/mol. The minimum absolute atomic E-state index is 0.0600. The van der Waals surface area contributed by atoms with Crippen molar-refractivity contribution in [1.82, 2.24) is 5.32 Å². The second-order valence-electron chi connectivity index (χ2n) is 4.24. The van der Waals surface area contributed by atoms with Crippen LogP contribution in [0.3, 0.4) is 0 Å². The van der Waals surface area contributed by atoms with Crippen molar-refractivity contribution in [2.75, 3.05) is 6.54 Å². The SMILES string of the molecule is CCCCNC(=O)c1cc2ccc(F)cc2oc1=O. The van der Waals surface area contributed by atoms with Gasteiger partial charge in [0.25, 0.3) is 5.91 Å². The Morgan fingerprint density at radius 1 is 1.37 bits per heavy atom. The number of hydrogen-bond donors (Lipinski definition) is 1. The van der Waals surface area contributed by atoms with Crippen LogP contribution in [0.25, 0.3) is 11.0 Å². The standard InChI is InChI=1S/C14H14FNO3/c1-2-3-6-16-13(17)11-7-9-4-5-10(15)8-12(9)19-14(11)18/h4-5,7-8H,2-3,6H2,1H3,(H,16,17). The molecule has 0 atom stereocenters. The van der Waals surface area contributed by atoms with Gasteiger partial charge in [0.15, 0.2) is 0 Å². The second kappa shape index (κ2) is 5.65. The first kappa shape index (κ1) is 13.3. The van der Waals surface area contributed by atoms with Gasteiger partial charge < -0.3 is 9.73 Å². The van der Waals surface area contributed by atoms with Crippen LogP contribution in [0.1, 0.15) is 30.1 Å². The van der Waals surface area contributed by atoms with Crippen LogP contribution in [0.15, 0.2) is 33.5 Å². The van der Waals surface area contributed by atoms with Crippen LogP contribution in [-0.2, 0) is 0 Å². The number of carbonyl (C=O) groups is 1. The quantitative estimate of drug-likeness (QED) is 0.681. The van der Waals surface area contributed by atoms with Crippen molar-refractivity contribution in [1.29, 1.82) is 0 Å². The van der Waals surface area contributed by atoms with Gasteiger partial charge in [-0.3, -0.25) is 4.79 Å². The van der Waals surface area contributed by atoms with E-state index in [4.69, 9.17) is 4.42 Å². The van der Waals surface area contributed by atoms with Gasteiger partial charge in [-0.05, 0) is 24.6 Å². The van der Waals surface area contributed by atoms with E-state index in [0.29, 0.717) is 11.9 Å². The molecule has 0 radical (unpaired) electrons. The average molecular weight is 263 g/mol. The first-order valence-corrected chi connectivity index (χ1v) is 6.13. The van der Waals surface area contributed by atoms with Gasteiger partial charge in [0.05, 0.1) is 0 Å². The minimum atomic E-state index is -0.757. The number of halogens is 1. The van der Waals surface area contributed by atoms with Gasteiger partial charge in [0.2, 0.25) is 0 Å². The fourth-order valence-corrected chi connectivity index (χ4v) is 1.72. The molecule has 0 saturated heterocycles. The van der Waals surface area contributed by atoms with Crippen LogP contribution in [-0.4, -0.2) is 12.5 Å². The van der Waals surface area contributed by atoms with Gasteiger partial charge >= 0.3 is 5.63 Å². The van der Waals surface area contributed by atoms with E-state index in [1.165, 1.54) is 18.2 Å². The van der Waals surface area contributed by atoms with Crippen LogP contribution in [0.4, 0.5) is 4.39 Å². The van der Waals surface area contributed by atoms with Crippen molar-refractivity contribution in [3.8, 4) is 0 Å². The zero-order valence-electron chi connectivity index (χ0n) is 10.5. The molecule has 0 unspecified atom stereocenters. The molecule has 2 rings (SSSR count). The molecule has 0 aliphatic rings. The molecule has 0 fully saturated rings. The number of nitrogens with one attached hydrogen (secondary N) is 1. The summed E-state index contributed by atoms with van der Waals surface area (Å²) in [4.78, 5) is 23.5. The molecule has 0 aliphatic heterocycles. The number of hydrogen-bond acceptors (Lipinski definition) is 3. The molecule has 0 bridgehead atoms. The maximum atomic E-state index is 13.0. The number of rotatable bonds is 4. The molecule has 100 valence electrons. The van der Waals surface area contributed by atoms with Crippen LogP contribution < -0.4 is 10.9 Å². The van der Waals surface area contributed by atoms with Crippen molar-refractivity contribution in [2.45, 2.75) is 19.8 Å². The highest BCUT2D eigenvalue weighted by Crippen LogP contribution is 2.14. The zero-order chi connectivity index (χ0) is 13.8. The lowest BCUT2D eigenvalue weighted by Gasteiger charge is -2.04. The average Bonchev–Trinajstić information content (AvgIpc) is 2.38. The van der Waals surface area contributed by atoms with E-state index < -0.39 is 17.3 Å². The Morgan fingerprint density at radius 2 is 2.16 bits per heavy atom. The maximum Gasteiger partial charge on any atom is 0.349 e. The Balaban J connectivity index is 2.33. The van der Waals surface area contributed by atoms with Crippen LogP contribution >= 0.6 is 0 Å². The summed E-state index contributed by atoms with van der Waals surface area (Å²) < 4.78 is 17.9. The summed E-state index contributed by atoms with van der Waals surface area (Å²) in [6.45, 7) is 2.52. The van der Waals surface area contributed by atoms with E-state index >= 15 is 0 Å². The number of amides is 1. The number of benzene rings is 1. The predicted octanol–water partition coefficient (Wildman–Crippen LogP) is 2.46. The van der Waals surface area contributed by atoms with E-state index in [0.717, 1.165) is 18.9 Å². The summed E-state index contributed by atoms with van der Waals surface area (Å²) in [5.74, 6) is -0.954. The highest BCUT2D eigenvalue weighted by atomic mass is 19.1. The monoisotopic (exact) mass is 263 g/mol. The Labute approximate surface area is 109 Å². The van der Waals surface area contributed by atoms with Crippen LogP contribution in [0.5, 0.6) is 0 Å². The van der Waals surface area contributed by atoms with E-state index in [2.05, 4.69) is 5.32 Å². The molecule has 4 nitrogen and oxygen atoms in total. The lowest BCUT2D eigenvalue weighted by atomic mass is 10.1. The fourth-order valence-electron chi connectivity index (χ4n) is 1.72. The Bertz CT molecular complexity index is 663. The fraction of sp³-hybridized carbons (Fsp3) is 0.286. The van der Waals surface area contributed by atoms with Gasteiger partial charge in [-0.25, -0.2) is 9.18 Å². The molecule has 1 N–H and O–H groups in total. The molecule has 5 heteroatoms. The highest BCUT2D eigenvalue weighted by molar-refractivity contribution is 5.96. The van der Waals surface area contributed by atoms with Gasteiger partial charge in [0.1, 0.15) is 17.0 Å². The van der Waals surface area contributed by atoms with Gasteiger partial charge in [-0.1, -0.05) is 13.3 Å². The lowest BCUT2D eigenvalue weighted by Crippen LogP contribution is -2.28. The molecule has 0 aliphatic carbocycles. The molecular formula is C14H14FNO3. The molecule has 0 spiro atoms. The summed E-state index contributed by atoms with van der Waals surface area (Å²) in [6.07, 6.45) is 1.79. The summed E-state index contributed by atoms with van der Waals surface area (Å²) in [6, 6.07) is 5.26. The third-order valence-electron chi connectivity index (χ3n) is 2.76. The summed E-state index contributed by atoms with van der Waals surface area (Å²) >= 11 is 0. The zero-order valence-corrected chi connectivity index (χ0v) is 10.5. The Morgan fingerprint density at radius 3 is 2.89 bits per heavy atom. The van der Waals surface area contributed by atoms with Crippen molar-refractivity contribution in [2.24, 2.45) is 0 Å². The van der Waals surface area contributed by atoms with Crippen molar-refractivity contribution in [3.05, 3.63) is 46.1 Å². The molecule has 1 heterocycles. The maximum absolute atomic E-state index is 13.0. The van der Waals surface area contributed by atoms with Crippen LogP contribution in [0, 0.1) is 5.82 Å². The van der Waals surface area contributed by atoms with E-state index in [9.17, 15) is 14.0 Å². The molecule has 1 aromatic heterocycles. The number of carbonyl (C=O) groups excluding carboxylic acids is 1. The largest absolute Gasteiger partial charge is 0.422 e. The Hall–Kier alpha value is -2.17. The lowest BCUT2D eigenvalue weighted by molar-refractivity contribution is 0.0949. The summed E-state index contributed by atoms with van der Waals surface area (Å²) in [7, 11) is 0. The molecule has 0 saturated carbocycles. The molecule has 19 heavy (non-hydrogen) atoms. The highest BCUT2D eigenvalue weighted by Gasteiger charge is 2.13. The topological polar surface area (TPSA) is 59.3 Å². The normalized spacial score (nSPS) is 10.6. The Kier molecular flexibility index (Phi) is 3.94. The van der Waals surface area contributed by atoms with Crippen molar-refractivity contribution < 1.29 is 13.6 Å². The second-order valence-corrected chi connectivity index (χ2v) is 4.24. The smallest absolute Gasteiger partial charge is 0.349 e. The molecule has 1 amide bonds. The number of unbranched alkanes of at least 4 members (excludes halogenated alkanes) is 1. The number of fused-ring (bicyclic) bond motifs is 1. The third kappa shape index (κ3) is 2.99. The van der Waals surface area contributed by atoms with Gasteiger partial charge in [-0.15, -0.1) is 0 Å². The summed E-state index contributed by atoms with van der Waals surface area (Å²) in [5.41, 5.74) is -0.683. The van der Waals surface area contributed by atoms with Crippen LogP contribution in [0.2, 0.25) is 0 Å². The van der Waals surface area contributed by atoms with Gasteiger partial charge in [-0.2, -0.15) is 0 Å². The van der Waals surface area contributed by atoms with E-state index in [1.807, 2.05) is 6.92 Å². The predicted molar refractivity (Wildman–Crippen MR) is 69.7 cm³/mol. The first-order valence-electron chi connectivity index (χ1n) is 6.13. The summed E-state index contributed by atoms with van der Waals surface area (Å²) in [5, 5.41) is 3.16. The minimum Gasteiger partial charge on any atom is -0.422 e. The first-order chi connectivity index (χ1) is 9.11. The molecule has 2 aromatic rings. The van der Waals surface area contributed by atoms with E-state index in [1.54, 1.807) is 0 Å². The van der Waals surface area contributed by atoms with Crippen molar-refractivity contribution in [3.63, 3.8) is 0 Å². The molecule has 1 aromatic carbocycles. The van der Waals surface area contributed by atoms with Gasteiger partial charge in [0, 0.05) is 18.0 Å².